The van der Waals surface area contributed by atoms with Crippen molar-refractivity contribution in [2.75, 3.05) is 18.5 Å². The van der Waals surface area contributed by atoms with Crippen LogP contribution in [0.15, 0.2) is 24.3 Å². The van der Waals surface area contributed by atoms with Crippen LogP contribution in [0.1, 0.15) is 26.2 Å². The second-order valence-electron chi connectivity index (χ2n) is 4.98. The lowest BCUT2D eigenvalue weighted by molar-refractivity contribution is -0.120. The molecule has 0 radical (unpaired) electrons. The molecule has 0 bridgehead atoms. The Morgan fingerprint density at radius 1 is 1.37 bits per heavy atom. The minimum atomic E-state index is 0.0663. The third-order valence-corrected chi connectivity index (χ3v) is 3.73. The van der Waals surface area contributed by atoms with E-state index in [1.165, 1.54) is 0 Å². The van der Waals surface area contributed by atoms with Crippen molar-refractivity contribution in [2.24, 2.45) is 17.6 Å². The average molecular weight is 262 g/mol. The fourth-order valence-electron chi connectivity index (χ4n) is 2.70. The molecule has 2 rings (SSSR count). The van der Waals surface area contributed by atoms with Crippen molar-refractivity contribution in [2.45, 2.75) is 26.2 Å². The van der Waals surface area contributed by atoms with Crippen LogP contribution in [-0.4, -0.2) is 19.1 Å². The molecule has 1 aliphatic rings. The SMILES string of the molecule is CCOc1ccc(NC(=O)C2CCCC2CN)cc1. The van der Waals surface area contributed by atoms with Crippen molar-refractivity contribution in [3.63, 3.8) is 0 Å². The number of rotatable bonds is 5. The Bertz CT molecular complexity index is 417. The molecular formula is C15H22N2O2. The van der Waals surface area contributed by atoms with Gasteiger partial charge < -0.3 is 15.8 Å². The summed E-state index contributed by atoms with van der Waals surface area (Å²) < 4.78 is 5.37. The second-order valence-corrected chi connectivity index (χ2v) is 4.98. The molecule has 1 saturated carbocycles. The zero-order valence-corrected chi connectivity index (χ0v) is 11.4. The molecule has 0 aliphatic heterocycles. The topological polar surface area (TPSA) is 64.3 Å². The van der Waals surface area contributed by atoms with Gasteiger partial charge in [0.15, 0.2) is 0 Å². The molecule has 2 unspecified atom stereocenters. The monoisotopic (exact) mass is 262 g/mol. The van der Waals surface area contributed by atoms with E-state index in [1.54, 1.807) is 0 Å². The van der Waals surface area contributed by atoms with E-state index in [4.69, 9.17) is 10.5 Å². The van der Waals surface area contributed by atoms with E-state index in [0.717, 1.165) is 30.7 Å². The van der Waals surface area contributed by atoms with E-state index in [1.807, 2.05) is 31.2 Å². The Morgan fingerprint density at radius 2 is 2.11 bits per heavy atom. The zero-order valence-electron chi connectivity index (χ0n) is 11.4. The number of amides is 1. The number of nitrogens with two attached hydrogens (primary N) is 1. The van der Waals surface area contributed by atoms with Gasteiger partial charge in [0.25, 0.3) is 0 Å². The number of nitrogens with one attached hydrogen (secondary N) is 1. The van der Waals surface area contributed by atoms with Crippen LogP contribution < -0.4 is 15.8 Å². The van der Waals surface area contributed by atoms with Gasteiger partial charge in [-0.2, -0.15) is 0 Å². The summed E-state index contributed by atoms with van der Waals surface area (Å²) in [5, 5.41) is 2.97. The van der Waals surface area contributed by atoms with E-state index >= 15 is 0 Å². The van der Waals surface area contributed by atoms with Crippen LogP contribution >= 0.6 is 0 Å². The van der Waals surface area contributed by atoms with Crippen LogP contribution in [0.4, 0.5) is 5.69 Å². The number of hydrogen-bond acceptors (Lipinski definition) is 3. The molecule has 3 N–H and O–H groups in total. The van der Waals surface area contributed by atoms with Gasteiger partial charge in [0, 0.05) is 11.6 Å². The van der Waals surface area contributed by atoms with E-state index < -0.39 is 0 Å². The van der Waals surface area contributed by atoms with Gasteiger partial charge in [-0.05, 0) is 56.5 Å². The highest BCUT2D eigenvalue weighted by Gasteiger charge is 2.31. The molecule has 1 aliphatic carbocycles. The molecule has 4 heteroatoms. The first-order valence-electron chi connectivity index (χ1n) is 6.98. The second kappa shape index (κ2) is 6.57. The van der Waals surface area contributed by atoms with Crippen LogP contribution in [0.25, 0.3) is 0 Å². The lowest BCUT2D eigenvalue weighted by Crippen LogP contribution is -2.29. The molecule has 1 aromatic carbocycles. The molecule has 2 atom stereocenters. The first-order chi connectivity index (χ1) is 9.24. The third-order valence-electron chi connectivity index (χ3n) is 3.73. The maximum atomic E-state index is 12.2. The minimum absolute atomic E-state index is 0.0663. The standard InChI is InChI=1S/C15H22N2O2/c1-2-19-13-8-6-12(7-9-13)17-15(18)14-5-3-4-11(14)10-16/h6-9,11,14H,2-5,10,16H2,1H3,(H,17,18). The Labute approximate surface area is 114 Å². The summed E-state index contributed by atoms with van der Waals surface area (Å²) in [5.74, 6) is 1.32. The highest BCUT2D eigenvalue weighted by molar-refractivity contribution is 5.93. The van der Waals surface area contributed by atoms with Crippen LogP contribution in [0, 0.1) is 11.8 Å². The molecule has 19 heavy (non-hydrogen) atoms. The summed E-state index contributed by atoms with van der Waals surface area (Å²) in [5.41, 5.74) is 6.53. The first kappa shape index (κ1) is 13.9. The highest BCUT2D eigenvalue weighted by atomic mass is 16.5. The first-order valence-corrected chi connectivity index (χ1v) is 6.98. The summed E-state index contributed by atoms with van der Waals surface area (Å²) in [7, 11) is 0. The number of anilines is 1. The van der Waals surface area contributed by atoms with Crippen molar-refractivity contribution in [3.05, 3.63) is 24.3 Å². The van der Waals surface area contributed by atoms with Crippen LogP contribution in [0.2, 0.25) is 0 Å². The van der Waals surface area contributed by atoms with Crippen molar-refractivity contribution < 1.29 is 9.53 Å². The fraction of sp³-hybridized carbons (Fsp3) is 0.533. The average Bonchev–Trinajstić information content (AvgIpc) is 2.90. The summed E-state index contributed by atoms with van der Waals surface area (Å²) in [6.07, 6.45) is 3.12. The summed E-state index contributed by atoms with van der Waals surface area (Å²) in [4.78, 5) is 12.2. The Morgan fingerprint density at radius 3 is 2.74 bits per heavy atom. The molecule has 0 saturated heterocycles. The van der Waals surface area contributed by atoms with Crippen molar-refractivity contribution in [1.29, 1.82) is 0 Å². The predicted molar refractivity (Wildman–Crippen MR) is 76.1 cm³/mol. The van der Waals surface area contributed by atoms with Gasteiger partial charge in [0.1, 0.15) is 5.75 Å². The summed E-state index contributed by atoms with van der Waals surface area (Å²) in [6.45, 7) is 3.19. The Hall–Kier alpha value is -1.55. The van der Waals surface area contributed by atoms with E-state index in [0.29, 0.717) is 19.1 Å². The third kappa shape index (κ3) is 3.47. The number of carbonyl (C=O) groups is 1. The molecule has 1 aromatic rings. The highest BCUT2D eigenvalue weighted by Crippen LogP contribution is 2.31. The van der Waals surface area contributed by atoms with Crippen molar-refractivity contribution in [1.82, 2.24) is 0 Å². The lowest BCUT2D eigenvalue weighted by Gasteiger charge is -2.17. The van der Waals surface area contributed by atoms with Gasteiger partial charge in [-0.3, -0.25) is 4.79 Å². The fourth-order valence-corrected chi connectivity index (χ4v) is 2.70. The van der Waals surface area contributed by atoms with E-state index in [-0.39, 0.29) is 11.8 Å². The molecule has 0 spiro atoms. The molecule has 4 nitrogen and oxygen atoms in total. The largest absolute Gasteiger partial charge is 0.494 e. The smallest absolute Gasteiger partial charge is 0.227 e. The van der Waals surface area contributed by atoms with Gasteiger partial charge in [-0.1, -0.05) is 6.42 Å². The van der Waals surface area contributed by atoms with E-state index in [2.05, 4.69) is 5.32 Å². The van der Waals surface area contributed by atoms with Crippen molar-refractivity contribution >= 4 is 11.6 Å². The molecule has 1 amide bonds. The molecule has 1 fully saturated rings. The maximum absolute atomic E-state index is 12.2. The van der Waals surface area contributed by atoms with Gasteiger partial charge in [0.2, 0.25) is 5.91 Å². The van der Waals surface area contributed by atoms with Gasteiger partial charge >= 0.3 is 0 Å². The zero-order chi connectivity index (χ0) is 13.7. The van der Waals surface area contributed by atoms with Crippen LogP contribution in [0.5, 0.6) is 5.75 Å². The Balaban J connectivity index is 1.94. The van der Waals surface area contributed by atoms with Gasteiger partial charge in [-0.15, -0.1) is 0 Å². The molecule has 0 heterocycles. The van der Waals surface area contributed by atoms with Gasteiger partial charge in [0.05, 0.1) is 6.61 Å². The maximum Gasteiger partial charge on any atom is 0.227 e. The van der Waals surface area contributed by atoms with Gasteiger partial charge in [-0.25, -0.2) is 0 Å². The summed E-state index contributed by atoms with van der Waals surface area (Å²) in [6, 6.07) is 7.48. The quantitative estimate of drug-likeness (QED) is 0.856. The summed E-state index contributed by atoms with van der Waals surface area (Å²) >= 11 is 0. The molecule has 0 aromatic heterocycles. The number of benzene rings is 1. The molecule has 104 valence electrons. The van der Waals surface area contributed by atoms with Crippen LogP contribution in [-0.2, 0) is 4.79 Å². The minimum Gasteiger partial charge on any atom is -0.494 e. The normalized spacial score (nSPS) is 22.2. The molecular weight excluding hydrogens is 240 g/mol. The van der Waals surface area contributed by atoms with E-state index in [9.17, 15) is 4.79 Å². The number of ether oxygens (including phenoxy) is 1. The predicted octanol–water partition coefficient (Wildman–Crippen LogP) is 2.40. The van der Waals surface area contributed by atoms with Crippen molar-refractivity contribution in [3.8, 4) is 5.75 Å². The Kier molecular flexibility index (Phi) is 4.80. The van der Waals surface area contributed by atoms with Crippen LogP contribution in [0.3, 0.4) is 0 Å². The number of hydrogen-bond donors (Lipinski definition) is 2. The lowest BCUT2D eigenvalue weighted by atomic mass is 9.95. The number of carbonyl (C=O) groups excluding carboxylic acids is 1.